The molecule has 30 heavy (non-hydrogen) atoms. The van der Waals surface area contributed by atoms with Crippen molar-refractivity contribution in [3.05, 3.63) is 58.9 Å². The molecule has 0 atom stereocenters. The molecule has 1 aromatic heterocycles. The van der Waals surface area contributed by atoms with Crippen molar-refractivity contribution in [1.82, 2.24) is 15.0 Å². The van der Waals surface area contributed by atoms with Crippen molar-refractivity contribution >= 4 is 32.3 Å². The van der Waals surface area contributed by atoms with Crippen molar-refractivity contribution in [2.45, 2.75) is 48.8 Å². The monoisotopic (exact) mass is 426 g/mol. The van der Waals surface area contributed by atoms with E-state index in [1.165, 1.54) is 16.8 Å². The van der Waals surface area contributed by atoms with Crippen molar-refractivity contribution in [2.24, 2.45) is 0 Å². The van der Waals surface area contributed by atoms with Crippen LogP contribution in [0.3, 0.4) is 0 Å². The van der Waals surface area contributed by atoms with Crippen molar-refractivity contribution < 1.29 is 13.2 Å². The molecule has 1 heterocycles. The van der Waals surface area contributed by atoms with Crippen molar-refractivity contribution in [2.75, 3.05) is 5.32 Å². The Morgan fingerprint density at radius 2 is 1.77 bits per heavy atom. The van der Waals surface area contributed by atoms with Crippen LogP contribution < -0.4 is 10.9 Å². The standard InChI is InChI=1S/C21H22N4O4S/c26-20(13-14-25-21(27)18-7-3-4-8-19(18)23-24-25)22-15-9-11-17(12-10-15)30(28,29)16-5-1-2-6-16/h3-4,7-12,16H,1-2,5-6,13-14H2,(H,22,26). The fourth-order valence-electron chi connectivity index (χ4n) is 3.72. The molecule has 1 aliphatic rings. The van der Waals surface area contributed by atoms with Crippen molar-refractivity contribution in [3.63, 3.8) is 0 Å². The molecule has 1 N–H and O–H groups in total. The number of anilines is 1. The third kappa shape index (κ3) is 4.11. The molecule has 2 aromatic carbocycles. The zero-order chi connectivity index (χ0) is 21.1. The zero-order valence-electron chi connectivity index (χ0n) is 16.3. The van der Waals surface area contributed by atoms with Gasteiger partial charge in [-0.15, -0.1) is 5.10 Å². The Balaban J connectivity index is 1.39. The number of benzene rings is 2. The summed E-state index contributed by atoms with van der Waals surface area (Å²) in [5.41, 5.74) is 0.716. The van der Waals surface area contributed by atoms with E-state index in [0.29, 0.717) is 29.4 Å². The van der Waals surface area contributed by atoms with Gasteiger partial charge in [0.25, 0.3) is 5.56 Å². The normalized spacial score (nSPS) is 14.8. The van der Waals surface area contributed by atoms with Gasteiger partial charge in [-0.05, 0) is 49.2 Å². The lowest BCUT2D eigenvalue weighted by atomic mass is 10.2. The highest BCUT2D eigenvalue weighted by molar-refractivity contribution is 7.92. The number of sulfone groups is 1. The number of fused-ring (bicyclic) bond motifs is 1. The molecule has 1 amide bonds. The summed E-state index contributed by atoms with van der Waals surface area (Å²) in [6, 6.07) is 13.1. The van der Waals surface area contributed by atoms with Crippen LogP contribution in [0.25, 0.3) is 10.9 Å². The molecule has 0 radical (unpaired) electrons. The van der Waals surface area contributed by atoms with Gasteiger partial charge in [-0.2, -0.15) is 0 Å². The summed E-state index contributed by atoms with van der Waals surface area (Å²) in [4.78, 5) is 25.0. The van der Waals surface area contributed by atoms with Crippen LogP contribution in [-0.4, -0.2) is 34.6 Å². The molecular formula is C21H22N4O4S. The number of amides is 1. The summed E-state index contributed by atoms with van der Waals surface area (Å²) < 4.78 is 26.4. The van der Waals surface area contributed by atoms with Gasteiger partial charge in [-0.3, -0.25) is 9.59 Å². The first-order valence-electron chi connectivity index (χ1n) is 9.91. The van der Waals surface area contributed by atoms with Crippen LogP contribution in [0.5, 0.6) is 0 Å². The highest BCUT2D eigenvalue weighted by Gasteiger charge is 2.30. The summed E-state index contributed by atoms with van der Waals surface area (Å²) in [5, 5.41) is 10.7. The van der Waals surface area contributed by atoms with Crippen LogP contribution in [0.2, 0.25) is 0 Å². The highest BCUT2D eigenvalue weighted by Crippen LogP contribution is 2.30. The largest absolute Gasteiger partial charge is 0.326 e. The fraction of sp³-hybridized carbons (Fsp3) is 0.333. The van der Waals surface area contributed by atoms with E-state index in [1.807, 2.05) is 0 Å². The Hall–Kier alpha value is -3.07. The first kappa shape index (κ1) is 20.2. The number of nitrogens with one attached hydrogen (secondary N) is 1. The fourth-order valence-corrected chi connectivity index (χ4v) is 5.57. The Bertz CT molecular complexity index is 1230. The minimum Gasteiger partial charge on any atom is -0.326 e. The highest BCUT2D eigenvalue weighted by atomic mass is 32.2. The average molecular weight is 426 g/mol. The minimum atomic E-state index is -3.32. The summed E-state index contributed by atoms with van der Waals surface area (Å²) in [6.45, 7) is 0.0939. The Morgan fingerprint density at radius 1 is 1.07 bits per heavy atom. The van der Waals surface area contributed by atoms with Crippen molar-refractivity contribution in [1.29, 1.82) is 0 Å². The predicted molar refractivity (Wildman–Crippen MR) is 113 cm³/mol. The van der Waals surface area contributed by atoms with E-state index in [-0.39, 0.29) is 34.6 Å². The van der Waals surface area contributed by atoms with E-state index >= 15 is 0 Å². The Morgan fingerprint density at radius 3 is 2.50 bits per heavy atom. The second-order valence-electron chi connectivity index (χ2n) is 7.41. The second kappa shape index (κ2) is 8.35. The summed E-state index contributed by atoms with van der Waals surface area (Å²) in [5.74, 6) is -0.303. The van der Waals surface area contributed by atoms with Crippen LogP contribution in [0.1, 0.15) is 32.1 Å². The van der Waals surface area contributed by atoms with Crippen LogP contribution in [0, 0.1) is 0 Å². The van der Waals surface area contributed by atoms with Gasteiger partial charge >= 0.3 is 0 Å². The maximum absolute atomic E-state index is 12.6. The lowest BCUT2D eigenvalue weighted by Gasteiger charge is -2.12. The van der Waals surface area contributed by atoms with Crippen LogP contribution in [-0.2, 0) is 21.2 Å². The number of aryl methyl sites for hydroxylation is 1. The first-order chi connectivity index (χ1) is 14.4. The summed E-state index contributed by atoms with van der Waals surface area (Å²) >= 11 is 0. The van der Waals surface area contributed by atoms with Crippen molar-refractivity contribution in [3.8, 4) is 0 Å². The lowest BCUT2D eigenvalue weighted by Crippen LogP contribution is -2.26. The zero-order valence-corrected chi connectivity index (χ0v) is 17.1. The predicted octanol–water partition coefficient (Wildman–Crippen LogP) is 2.54. The molecule has 0 saturated heterocycles. The molecule has 4 rings (SSSR count). The first-order valence-corrected chi connectivity index (χ1v) is 11.5. The van der Waals surface area contributed by atoms with Gasteiger partial charge in [-0.1, -0.05) is 30.2 Å². The van der Waals surface area contributed by atoms with Crippen LogP contribution >= 0.6 is 0 Å². The summed E-state index contributed by atoms with van der Waals surface area (Å²) in [6.07, 6.45) is 3.34. The SMILES string of the molecule is O=C(CCn1nnc2ccccc2c1=O)Nc1ccc(S(=O)(=O)C2CCCC2)cc1. The summed E-state index contributed by atoms with van der Waals surface area (Å²) in [7, 11) is -3.32. The molecule has 1 saturated carbocycles. The molecule has 3 aromatic rings. The number of hydrogen-bond donors (Lipinski definition) is 1. The Labute approximate surface area is 173 Å². The third-order valence-electron chi connectivity index (χ3n) is 5.39. The molecule has 156 valence electrons. The van der Waals surface area contributed by atoms with Gasteiger partial charge in [0, 0.05) is 12.1 Å². The van der Waals surface area contributed by atoms with Crippen LogP contribution in [0.4, 0.5) is 5.69 Å². The van der Waals surface area contributed by atoms with E-state index in [2.05, 4.69) is 15.6 Å². The average Bonchev–Trinajstić information content (AvgIpc) is 3.30. The van der Waals surface area contributed by atoms with Gasteiger partial charge in [0.1, 0.15) is 5.52 Å². The van der Waals surface area contributed by atoms with Gasteiger partial charge in [0.05, 0.1) is 22.1 Å². The molecule has 1 fully saturated rings. The number of carbonyl (C=O) groups excluding carboxylic acids is 1. The molecular weight excluding hydrogens is 404 g/mol. The Kier molecular flexibility index (Phi) is 5.63. The van der Waals surface area contributed by atoms with Gasteiger partial charge < -0.3 is 5.32 Å². The minimum absolute atomic E-state index is 0.0368. The molecule has 0 aliphatic heterocycles. The van der Waals surface area contributed by atoms with Gasteiger partial charge in [0.2, 0.25) is 5.91 Å². The number of aromatic nitrogens is 3. The second-order valence-corrected chi connectivity index (χ2v) is 9.64. The van der Waals surface area contributed by atoms with E-state index in [0.717, 1.165) is 12.8 Å². The molecule has 0 unspecified atom stereocenters. The van der Waals surface area contributed by atoms with Gasteiger partial charge in [-0.25, -0.2) is 13.1 Å². The maximum Gasteiger partial charge on any atom is 0.277 e. The van der Waals surface area contributed by atoms with Gasteiger partial charge in [0.15, 0.2) is 9.84 Å². The van der Waals surface area contributed by atoms with E-state index in [1.54, 1.807) is 36.4 Å². The number of carbonyl (C=O) groups is 1. The number of nitrogens with zero attached hydrogens (tertiary/aromatic N) is 3. The van der Waals surface area contributed by atoms with E-state index in [9.17, 15) is 18.0 Å². The molecule has 0 spiro atoms. The van der Waals surface area contributed by atoms with Crippen LogP contribution in [0.15, 0.2) is 58.2 Å². The number of hydrogen-bond acceptors (Lipinski definition) is 6. The molecule has 0 bridgehead atoms. The maximum atomic E-state index is 12.6. The molecule has 8 nitrogen and oxygen atoms in total. The van der Waals surface area contributed by atoms with E-state index in [4.69, 9.17) is 0 Å². The molecule has 1 aliphatic carbocycles. The molecule has 9 heteroatoms. The topological polar surface area (TPSA) is 111 Å². The lowest BCUT2D eigenvalue weighted by molar-refractivity contribution is -0.116. The quantitative estimate of drug-likeness (QED) is 0.648. The third-order valence-corrected chi connectivity index (χ3v) is 7.67. The van der Waals surface area contributed by atoms with E-state index < -0.39 is 9.84 Å². The smallest absolute Gasteiger partial charge is 0.277 e. The number of rotatable bonds is 6.